The van der Waals surface area contributed by atoms with E-state index in [0.717, 1.165) is 16.5 Å². The smallest absolute Gasteiger partial charge is 0.257 e. The maximum absolute atomic E-state index is 12.1. The largest absolute Gasteiger partial charge is 0.332 e. The first-order chi connectivity index (χ1) is 11.1. The van der Waals surface area contributed by atoms with Gasteiger partial charge in [-0.05, 0) is 36.5 Å². The Bertz CT molecular complexity index is 881. The zero-order valence-electron chi connectivity index (χ0n) is 12.0. The molecule has 3 aromatic carbocycles. The van der Waals surface area contributed by atoms with Crippen molar-refractivity contribution in [3.05, 3.63) is 77.3 Å². The average molecular weight is 341 g/mol. The lowest BCUT2D eigenvalue weighted by Crippen LogP contribution is -2.34. The lowest BCUT2D eigenvalue weighted by atomic mass is 10.1. The van der Waals surface area contributed by atoms with E-state index < -0.39 is 0 Å². The third-order valence-corrected chi connectivity index (χ3v) is 3.92. The van der Waals surface area contributed by atoms with Gasteiger partial charge < -0.3 is 5.32 Å². The van der Waals surface area contributed by atoms with Crippen molar-refractivity contribution in [2.45, 2.75) is 0 Å². The van der Waals surface area contributed by atoms with Crippen LogP contribution in [0.1, 0.15) is 10.4 Å². The van der Waals surface area contributed by atoms with E-state index in [4.69, 9.17) is 23.8 Å². The lowest BCUT2D eigenvalue weighted by Gasteiger charge is -2.12. The molecule has 0 aliphatic rings. The second-order valence-electron chi connectivity index (χ2n) is 4.91. The summed E-state index contributed by atoms with van der Waals surface area (Å²) in [5, 5.41) is 8.51. The van der Waals surface area contributed by atoms with Gasteiger partial charge in [0.25, 0.3) is 5.91 Å². The van der Waals surface area contributed by atoms with Crippen LogP contribution >= 0.6 is 23.8 Å². The molecule has 0 fully saturated rings. The molecule has 0 aliphatic carbocycles. The van der Waals surface area contributed by atoms with Crippen LogP contribution in [0.5, 0.6) is 0 Å². The maximum Gasteiger partial charge on any atom is 0.257 e. The predicted octanol–water partition coefficient (Wildman–Crippen LogP) is 4.62. The average Bonchev–Trinajstić information content (AvgIpc) is 2.58. The van der Waals surface area contributed by atoms with Gasteiger partial charge in [0.2, 0.25) is 0 Å². The van der Waals surface area contributed by atoms with Crippen LogP contribution in [0, 0.1) is 0 Å². The van der Waals surface area contributed by atoms with E-state index >= 15 is 0 Å². The van der Waals surface area contributed by atoms with Crippen molar-refractivity contribution in [1.29, 1.82) is 0 Å². The molecule has 23 heavy (non-hydrogen) atoms. The Hall–Kier alpha value is -2.43. The minimum atomic E-state index is -0.249. The zero-order chi connectivity index (χ0) is 16.2. The molecule has 0 bridgehead atoms. The molecule has 3 aromatic rings. The number of amides is 1. The van der Waals surface area contributed by atoms with Crippen LogP contribution in [-0.4, -0.2) is 11.0 Å². The van der Waals surface area contributed by atoms with Crippen LogP contribution in [-0.2, 0) is 0 Å². The Morgan fingerprint density at radius 2 is 1.52 bits per heavy atom. The van der Waals surface area contributed by atoms with Gasteiger partial charge in [0.1, 0.15) is 0 Å². The normalized spacial score (nSPS) is 10.3. The van der Waals surface area contributed by atoms with E-state index in [1.165, 1.54) is 0 Å². The molecule has 0 unspecified atom stereocenters. The van der Waals surface area contributed by atoms with Crippen molar-refractivity contribution in [2.75, 3.05) is 5.32 Å². The van der Waals surface area contributed by atoms with Gasteiger partial charge in [-0.25, -0.2) is 0 Å². The van der Waals surface area contributed by atoms with Crippen LogP contribution in [0.2, 0.25) is 5.02 Å². The van der Waals surface area contributed by atoms with E-state index in [-0.39, 0.29) is 11.0 Å². The molecule has 0 saturated carbocycles. The molecule has 0 heterocycles. The van der Waals surface area contributed by atoms with Crippen LogP contribution in [0.25, 0.3) is 10.8 Å². The molecule has 3 rings (SSSR count). The van der Waals surface area contributed by atoms with Gasteiger partial charge in [-0.15, -0.1) is 0 Å². The highest BCUT2D eigenvalue weighted by Gasteiger charge is 2.09. The quantitative estimate of drug-likeness (QED) is 0.669. The molecule has 0 aromatic heterocycles. The first-order valence-corrected chi connectivity index (χ1v) is 7.78. The number of benzene rings is 3. The summed E-state index contributed by atoms with van der Waals surface area (Å²) in [4.78, 5) is 12.1. The standard InChI is InChI=1S/C18H13ClN2OS/c19-15-10-11-16(14-9-5-4-8-13(14)15)20-18(23)21-17(22)12-6-2-1-3-7-12/h1-11H,(H2,20,21,22,23). The Balaban J connectivity index is 1.79. The SMILES string of the molecule is O=C(NC(=S)Nc1ccc(Cl)c2ccccc12)c1ccccc1. The summed E-state index contributed by atoms with van der Waals surface area (Å²) in [5.41, 5.74) is 1.35. The molecule has 0 spiro atoms. The fourth-order valence-corrected chi connectivity index (χ4v) is 2.72. The number of thiocarbonyl (C=S) groups is 1. The number of rotatable bonds is 2. The number of hydrogen-bond acceptors (Lipinski definition) is 2. The molecule has 0 radical (unpaired) electrons. The monoisotopic (exact) mass is 340 g/mol. The van der Waals surface area contributed by atoms with Gasteiger partial charge in [0.05, 0.1) is 0 Å². The van der Waals surface area contributed by atoms with Crippen LogP contribution in [0.4, 0.5) is 5.69 Å². The summed E-state index contributed by atoms with van der Waals surface area (Å²) in [6.07, 6.45) is 0. The number of carbonyl (C=O) groups is 1. The predicted molar refractivity (Wildman–Crippen MR) is 99.1 cm³/mol. The summed E-state index contributed by atoms with van der Waals surface area (Å²) in [7, 11) is 0. The summed E-state index contributed by atoms with van der Waals surface area (Å²) in [6, 6.07) is 20.3. The van der Waals surface area contributed by atoms with Crippen LogP contribution in [0.3, 0.4) is 0 Å². The number of carbonyl (C=O) groups excluding carboxylic acids is 1. The van der Waals surface area contributed by atoms with Crippen molar-refractivity contribution >= 4 is 51.3 Å². The maximum atomic E-state index is 12.1. The molecule has 1 amide bonds. The number of nitrogens with one attached hydrogen (secondary N) is 2. The molecule has 0 saturated heterocycles. The van der Waals surface area contributed by atoms with E-state index in [2.05, 4.69) is 10.6 Å². The molecule has 114 valence electrons. The third-order valence-electron chi connectivity index (χ3n) is 3.38. The zero-order valence-corrected chi connectivity index (χ0v) is 13.6. The molecule has 0 atom stereocenters. The Labute approximate surface area is 144 Å². The van der Waals surface area contributed by atoms with Gasteiger partial charge in [0, 0.05) is 27.0 Å². The topological polar surface area (TPSA) is 41.1 Å². The van der Waals surface area contributed by atoms with E-state index in [9.17, 15) is 4.79 Å². The van der Waals surface area contributed by atoms with Crippen molar-refractivity contribution < 1.29 is 4.79 Å². The van der Waals surface area contributed by atoms with Crippen molar-refractivity contribution in [1.82, 2.24) is 5.32 Å². The van der Waals surface area contributed by atoms with Gasteiger partial charge in [-0.3, -0.25) is 10.1 Å². The second kappa shape index (κ2) is 6.77. The van der Waals surface area contributed by atoms with Crippen LogP contribution < -0.4 is 10.6 Å². The van der Waals surface area contributed by atoms with Crippen molar-refractivity contribution in [2.24, 2.45) is 0 Å². The number of anilines is 1. The minimum absolute atomic E-state index is 0.242. The highest BCUT2D eigenvalue weighted by Crippen LogP contribution is 2.29. The summed E-state index contributed by atoms with van der Waals surface area (Å²) in [6.45, 7) is 0. The highest BCUT2D eigenvalue weighted by atomic mass is 35.5. The first kappa shape index (κ1) is 15.5. The summed E-state index contributed by atoms with van der Waals surface area (Å²) >= 11 is 11.4. The molecule has 5 heteroatoms. The Morgan fingerprint density at radius 1 is 0.870 bits per heavy atom. The molecular formula is C18H13ClN2OS. The molecular weight excluding hydrogens is 328 g/mol. The van der Waals surface area contributed by atoms with Gasteiger partial charge in [-0.1, -0.05) is 54.1 Å². The molecule has 2 N–H and O–H groups in total. The molecule has 3 nitrogen and oxygen atoms in total. The van der Waals surface area contributed by atoms with Gasteiger partial charge in [0.15, 0.2) is 5.11 Å². The van der Waals surface area contributed by atoms with Crippen LogP contribution in [0.15, 0.2) is 66.7 Å². The number of fused-ring (bicyclic) bond motifs is 1. The number of hydrogen-bond donors (Lipinski definition) is 2. The fraction of sp³-hybridized carbons (Fsp3) is 0. The van der Waals surface area contributed by atoms with Gasteiger partial charge >= 0.3 is 0 Å². The lowest BCUT2D eigenvalue weighted by molar-refractivity contribution is 0.0978. The highest BCUT2D eigenvalue weighted by molar-refractivity contribution is 7.80. The second-order valence-corrected chi connectivity index (χ2v) is 5.73. The van der Waals surface area contributed by atoms with Crippen molar-refractivity contribution in [3.8, 4) is 0 Å². The summed E-state index contributed by atoms with van der Waals surface area (Å²) < 4.78 is 0. The van der Waals surface area contributed by atoms with E-state index in [0.29, 0.717) is 10.6 Å². The Morgan fingerprint density at radius 3 is 2.26 bits per heavy atom. The van der Waals surface area contributed by atoms with E-state index in [1.807, 2.05) is 36.4 Å². The summed E-state index contributed by atoms with van der Waals surface area (Å²) in [5.74, 6) is -0.249. The van der Waals surface area contributed by atoms with Crippen molar-refractivity contribution in [3.63, 3.8) is 0 Å². The fourth-order valence-electron chi connectivity index (χ4n) is 2.29. The third kappa shape index (κ3) is 3.50. The van der Waals surface area contributed by atoms with E-state index in [1.54, 1.807) is 30.3 Å². The van der Waals surface area contributed by atoms with Gasteiger partial charge in [-0.2, -0.15) is 0 Å². The molecule has 0 aliphatic heterocycles. The first-order valence-electron chi connectivity index (χ1n) is 7.00. The Kier molecular flexibility index (Phi) is 4.55. The minimum Gasteiger partial charge on any atom is -0.332 e. The number of halogens is 1.